The second kappa shape index (κ2) is 6.26. The zero-order valence-electron chi connectivity index (χ0n) is 13.4. The third kappa shape index (κ3) is 3.91. The minimum Gasteiger partial charge on any atom is -0.307 e. The largest absolute Gasteiger partial charge is 0.307 e. The van der Waals surface area contributed by atoms with Crippen LogP contribution in [-0.4, -0.2) is 10.9 Å². The van der Waals surface area contributed by atoms with Gasteiger partial charge in [-0.3, -0.25) is 9.78 Å². The third-order valence-corrected chi connectivity index (χ3v) is 3.34. The number of amides is 1. The fourth-order valence-corrected chi connectivity index (χ4v) is 2.08. The van der Waals surface area contributed by atoms with Gasteiger partial charge in [0.2, 0.25) is 5.91 Å². The number of pyridine rings is 1. The van der Waals surface area contributed by atoms with Crippen molar-refractivity contribution in [3.05, 3.63) is 59.7 Å². The van der Waals surface area contributed by atoms with Gasteiger partial charge in [-0.1, -0.05) is 26.8 Å². The molecule has 0 bridgehead atoms. The Kier molecular flexibility index (Phi) is 4.59. The highest BCUT2D eigenvalue weighted by Crippen LogP contribution is 2.25. The van der Waals surface area contributed by atoms with Gasteiger partial charge in [-0.25, -0.2) is 4.39 Å². The summed E-state index contributed by atoms with van der Waals surface area (Å²) in [5, 5.41) is 0. The summed E-state index contributed by atoms with van der Waals surface area (Å²) >= 11 is 0. The van der Waals surface area contributed by atoms with Gasteiger partial charge in [-0.05, 0) is 42.8 Å². The fraction of sp³-hybridized carbons (Fsp3) is 0.333. The Hall–Kier alpha value is -2.23. The molecule has 116 valence electrons. The lowest BCUT2D eigenvalue weighted by Crippen LogP contribution is -2.39. The molecule has 0 aliphatic heterocycles. The van der Waals surface area contributed by atoms with Crippen LogP contribution in [0.3, 0.4) is 0 Å². The number of carbonyl (C=O) groups excluding carboxylic acids is 1. The number of carbonyl (C=O) groups is 1. The van der Waals surface area contributed by atoms with Crippen molar-refractivity contribution in [3.63, 3.8) is 0 Å². The summed E-state index contributed by atoms with van der Waals surface area (Å²) < 4.78 is 13.1. The Morgan fingerprint density at radius 3 is 2.27 bits per heavy atom. The maximum atomic E-state index is 13.1. The molecule has 0 radical (unpaired) electrons. The van der Waals surface area contributed by atoms with Crippen LogP contribution in [0.4, 0.5) is 10.1 Å². The summed E-state index contributed by atoms with van der Waals surface area (Å²) in [5.41, 5.74) is 2.03. The van der Waals surface area contributed by atoms with Gasteiger partial charge in [0.25, 0.3) is 0 Å². The predicted molar refractivity (Wildman–Crippen MR) is 86.0 cm³/mol. The molecule has 0 N–H and O–H groups in total. The van der Waals surface area contributed by atoms with Crippen LogP contribution in [0, 0.1) is 18.2 Å². The predicted octanol–water partition coefficient (Wildman–Crippen LogP) is 4.11. The molecule has 0 aliphatic rings. The third-order valence-electron chi connectivity index (χ3n) is 3.34. The highest BCUT2D eigenvalue weighted by molar-refractivity contribution is 5.96. The average Bonchev–Trinajstić information content (AvgIpc) is 2.46. The summed E-state index contributed by atoms with van der Waals surface area (Å²) in [5.74, 6) is -0.330. The minimum atomic E-state index is -0.521. The smallest absolute Gasteiger partial charge is 0.232 e. The molecular weight excluding hydrogens is 279 g/mol. The topological polar surface area (TPSA) is 33.2 Å². The summed E-state index contributed by atoms with van der Waals surface area (Å²) in [6.45, 7) is 7.95. The van der Waals surface area contributed by atoms with Gasteiger partial charge in [0.05, 0.1) is 6.54 Å². The van der Waals surface area contributed by atoms with E-state index < -0.39 is 5.41 Å². The van der Waals surface area contributed by atoms with Gasteiger partial charge < -0.3 is 4.90 Å². The van der Waals surface area contributed by atoms with Crippen LogP contribution >= 0.6 is 0 Å². The van der Waals surface area contributed by atoms with Gasteiger partial charge in [0, 0.05) is 23.0 Å². The quantitative estimate of drug-likeness (QED) is 0.854. The lowest BCUT2D eigenvalue weighted by Gasteiger charge is -2.29. The second-order valence-corrected chi connectivity index (χ2v) is 6.43. The van der Waals surface area contributed by atoms with E-state index in [2.05, 4.69) is 4.98 Å². The molecule has 0 atom stereocenters. The first-order chi connectivity index (χ1) is 10.3. The van der Waals surface area contributed by atoms with Crippen LogP contribution in [-0.2, 0) is 11.3 Å². The Morgan fingerprint density at radius 2 is 1.77 bits per heavy atom. The number of aryl methyl sites for hydroxylation is 1. The monoisotopic (exact) mass is 300 g/mol. The number of hydrogen-bond acceptors (Lipinski definition) is 2. The molecule has 3 nitrogen and oxygen atoms in total. The normalized spacial score (nSPS) is 11.3. The van der Waals surface area contributed by atoms with Crippen molar-refractivity contribution < 1.29 is 9.18 Å². The summed E-state index contributed by atoms with van der Waals surface area (Å²) in [6.07, 6.45) is 1.77. The zero-order valence-corrected chi connectivity index (χ0v) is 13.4. The van der Waals surface area contributed by atoms with Crippen LogP contribution in [0.25, 0.3) is 0 Å². The van der Waals surface area contributed by atoms with E-state index in [1.54, 1.807) is 23.2 Å². The van der Waals surface area contributed by atoms with Crippen molar-refractivity contribution in [1.29, 1.82) is 0 Å². The summed E-state index contributed by atoms with van der Waals surface area (Å²) in [4.78, 5) is 18.7. The molecule has 0 aliphatic carbocycles. The molecule has 2 aromatic rings. The van der Waals surface area contributed by atoms with E-state index in [0.717, 1.165) is 11.3 Å². The van der Waals surface area contributed by atoms with Gasteiger partial charge in [-0.2, -0.15) is 0 Å². The van der Waals surface area contributed by atoms with Crippen LogP contribution in [0.2, 0.25) is 0 Å². The van der Waals surface area contributed by atoms with Gasteiger partial charge in [0.15, 0.2) is 0 Å². The summed E-state index contributed by atoms with van der Waals surface area (Å²) in [6, 6.07) is 9.85. The number of hydrogen-bond donors (Lipinski definition) is 0. The SMILES string of the molecule is Cc1ccc(CN(C(=O)C(C)(C)C)c2ccc(F)cc2)cn1. The Bertz CT molecular complexity index is 642. The second-order valence-electron chi connectivity index (χ2n) is 6.43. The molecule has 0 fully saturated rings. The molecular formula is C18H21FN2O. The molecule has 0 spiro atoms. The van der Waals surface area contributed by atoms with E-state index in [9.17, 15) is 9.18 Å². The highest BCUT2D eigenvalue weighted by atomic mass is 19.1. The first kappa shape index (κ1) is 16.1. The molecule has 0 saturated carbocycles. The zero-order chi connectivity index (χ0) is 16.3. The van der Waals surface area contributed by atoms with E-state index in [1.165, 1.54) is 12.1 Å². The summed E-state index contributed by atoms with van der Waals surface area (Å²) in [7, 11) is 0. The maximum Gasteiger partial charge on any atom is 0.232 e. The molecule has 2 rings (SSSR count). The lowest BCUT2D eigenvalue weighted by atomic mass is 9.94. The molecule has 1 aromatic heterocycles. The molecule has 22 heavy (non-hydrogen) atoms. The molecule has 0 saturated heterocycles. The lowest BCUT2D eigenvalue weighted by molar-refractivity contribution is -0.125. The van der Waals surface area contributed by atoms with E-state index in [4.69, 9.17) is 0 Å². The van der Waals surface area contributed by atoms with Gasteiger partial charge in [-0.15, -0.1) is 0 Å². The van der Waals surface area contributed by atoms with Crippen molar-refractivity contribution in [2.45, 2.75) is 34.2 Å². The highest BCUT2D eigenvalue weighted by Gasteiger charge is 2.28. The van der Waals surface area contributed by atoms with E-state index >= 15 is 0 Å². The van der Waals surface area contributed by atoms with Crippen molar-refractivity contribution in [2.24, 2.45) is 5.41 Å². The van der Waals surface area contributed by atoms with Crippen LogP contribution in [0.5, 0.6) is 0 Å². The fourth-order valence-electron chi connectivity index (χ4n) is 2.08. The van der Waals surface area contributed by atoms with Crippen molar-refractivity contribution in [3.8, 4) is 0 Å². The number of anilines is 1. The number of rotatable bonds is 3. The molecule has 4 heteroatoms. The Labute approximate surface area is 130 Å². The van der Waals surface area contributed by atoms with Crippen molar-refractivity contribution in [1.82, 2.24) is 4.98 Å². The molecule has 1 amide bonds. The number of benzene rings is 1. The number of halogens is 1. The van der Waals surface area contributed by atoms with Crippen LogP contribution in [0.15, 0.2) is 42.6 Å². The number of aromatic nitrogens is 1. The van der Waals surface area contributed by atoms with Crippen molar-refractivity contribution >= 4 is 11.6 Å². The first-order valence-corrected chi connectivity index (χ1v) is 7.26. The first-order valence-electron chi connectivity index (χ1n) is 7.26. The average molecular weight is 300 g/mol. The molecule has 1 aromatic carbocycles. The van der Waals surface area contributed by atoms with E-state index in [-0.39, 0.29) is 11.7 Å². The Morgan fingerprint density at radius 1 is 1.14 bits per heavy atom. The van der Waals surface area contributed by atoms with Gasteiger partial charge in [0.1, 0.15) is 5.82 Å². The van der Waals surface area contributed by atoms with Crippen LogP contribution < -0.4 is 4.90 Å². The maximum absolute atomic E-state index is 13.1. The number of nitrogens with zero attached hydrogens (tertiary/aromatic N) is 2. The standard InChI is InChI=1S/C18H21FN2O/c1-13-5-6-14(11-20-13)12-21(17(22)18(2,3)4)16-9-7-15(19)8-10-16/h5-11H,12H2,1-4H3. The van der Waals surface area contributed by atoms with Gasteiger partial charge >= 0.3 is 0 Å². The molecule has 1 heterocycles. The van der Waals surface area contributed by atoms with Crippen molar-refractivity contribution in [2.75, 3.05) is 4.90 Å². The van der Waals surface area contributed by atoms with E-state index in [1.807, 2.05) is 39.8 Å². The van der Waals surface area contributed by atoms with E-state index in [0.29, 0.717) is 12.2 Å². The molecule has 0 unspecified atom stereocenters. The minimum absolute atomic E-state index is 0.0142. The Balaban J connectivity index is 2.35. The van der Waals surface area contributed by atoms with Crippen LogP contribution in [0.1, 0.15) is 32.0 Å².